The fourth-order valence-electron chi connectivity index (χ4n) is 2.83. The number of urea groups is 1. The van der Waals surface area contributed by atoms with Gasteiger partial charge in [0.05, 0.1) is 26.5 Å². The van der Waals surface area contributed by atoms with Gasteiger partial charge in [0.2, 0.25) is 0 Å². The fourth-order valence-corrected chi connectivity index (χ4v) is 3.00. The minimum atomic E-state index is -0.262. The van der Waals surface area contributed by atoms with Gasteiger partial charge in [-0.05, 0) is 36.8 Å². The molecule has 2 aromatic rings. The molecular weight excluding hydrogens is 356 g/mol. The molecule has 0 aliphatic carbocycles. The van der Waals surface area contributed by atoms with Crippen LogP contribution in [0.2, 0.25) is 5.02 Å². The Hall–Kier alpha value is -2.60. The smallest absolute Gasteiger partial charge is 0.326 e. The number of amides is 2. The molecule has 1 aliphatic rings. The first-order valence-corrected chi connectivity index (χ1v) is 8.70. The van der Waals surface area contributed by atoms with Crippen LogP contribution in [0.15, 0.2) is 36.4 Å². The molecule has 1 N–H and O–H groups in total. The highest BCUT2D eigenvalue weighted by Gasteiger charge is 2.29. The zero-order chi connectivity index (χ0) is 18.7. The van der Waals surface area contributed by atoms with Gasteiger partial charge < -0.3 is 19.5 Å². The predicted molar refractivity (Wildman–Crippen MR) is 102 cm³/mol. The van der Waals surface area contributed by atoms with Crippen molar-refractivity contribution in [2.24, 2.45) is 0 Å². The van der Waals surface area contributed by atoms with E-state index in [0.29, 0.717) is 40.2 Å². The molecule has 0 fully saturated rings. The number of benzene rings is 2. The van der Waals surface area contributed by atoms with Gasteiger partial charge in [0.15, 0.2) is 11.5 Å². The normalized spacial score (nSPS) is 15.7. The lowest BCUT2D eigenvalue weighted by molar-refractivity contribution is 0.188. The topological polar surface area (TPSA) is 60.0 Å². The molecule has 0 radical (unpaired) electrons. The molecule has 6 nitrogen and oxygen atoms in total. The molecule has 0 spiro atoms. The number of rotatable bonds is 4. The SMILES string of the molecule is CCC1CN(C(=O)Nc2ccc(OC)c(OC)c2)c2cc(Cl)ccc2O1. The second-order valence-electron chi connectivity index (χ2n) is 5.87. The average molecular weight is 377 g/mol. The Morgan fingerprint density at radius 3 is 2.69 bits per heavy atom. The van der Waals surface area contributed by atoms with Gasteiger partial charge in [0.1, 0.15) is 11.9 Å². The summed E-state index contributed by atoms with van der Waals surface area (Å²) < 4.78 is 16.4. The fraction of sp³-hybridized carbons (Fsp3) is 0.316. The summed E-state index contributed by atoms with van der Waals surface area (Å²) in [7, 11) is 3.12. The van der Waals surface area contributed by atoms with Crippen LogP contribution in [0.1, 0.15) is 13.3 Å². The van der Waals surface area contributed by atoms with Crippen LogP contribution in [0.3, 0.4) is 0 Å². The lowest BCUT2D eigenvalue weighted by Gasteiger charge is -2.34. The lowest BCUT2D eigenvalue weighted by Crippen LogP contribution is -2.45. The van der Waals surface area contributed by atoms with E-state index in [4.69, 9.17) is 25.8 Å². The summed E-state index contributed by atoms with van der Waals surface area (Å²) >= 11 is 6.11. The van der Waals surface area contributed by atoms with E-state index in [1.54, 1.807) is 55.5 Å². The molecule has 1 unspecified atom stereocenters. The highest BCUT2D eigenvalue weighted by atomic mass is 35.5. The molecule has 26 heavy (non-hydrogen) atoms. The van der Waals surface area contributed by atoms with Gasteiger partial charge >= 0.3 is 6.03 Å². The Kier molecular flexibility index (Phi) is 5.42. The molecule has 0 aromatic heterocycles. The maximum atomic E-state index is 12.9. The van der Waals surface area contributed by atoms with Gasteiger partial charge in [-0.2, -0.15) is 0 Å². The summed E-state index contributed by atoms with van der Waals surface area (Å²) in [5, 5.41) is 3.44. The number of ether oxygens (including phenoxy) is 3. The van der Waals surface area contributed by atoms with Crippen LogP contribution < -0.4 is 24.4 Å². The van der Waals surface area contributed by atoms with Crippen molar-refractivity contribution in [3.8, 4) is 17.2 Å². The molecule has 3 rings (SSSR count). The third-order valence-corrected chi connectivity index (χ3v) is 4.46. The van der Waals surface area contributed by atoms with Crippen LogP contribution in [0.4, 0.5) is 16.2 Å². The third kappa shape index (κ3) is 3.65. The first kappa shape index (κ1) is 18.2. The largest absolute Gasteiger partial charge is 0.493 e. The molecule has 7 heteroatoms. The number of fused-ring (bicyclic) bond motifs is 1. The molecule has 0 saturated carbocycles. The van der Waals surface area contributed by atoms with Gasteiger partial charge in [-0.25, -0.2) is 4.79 Å². The number of hydrogen-bond donors (Lipinski definition) is 1. The minimum Gasteiger partial charge on any atom is -0.493 e. The first-order valence-electron chi connectivity index (χ1n) is 8.32. The third-order valence-electron chi connectivity index (χ3n) is 4.23. The van der Waals surface area contributed by atoms with Crippen LogP contribution in [-0.2, 0) is 0 Å². The first-order chi connectivity index (χ1) is 12.5. The van der Waals surface area contributed by atoms with Gasteiger partial charge in [0, 0.05) is 16.8 Å². The van der Waals surface area contributed by atoms with Crippen LogP contribution in [-0.4, -0.2) is 32.9 Å². The van der Waals surface area contributed by atoms with Crippen LogP contribution in [0, 0.1) is 0 Å². The van der Waals surface area contributed by atoms with Crippen molar-refractivity contribution < 1.29 is 19.0 Å². The van der Waals surface area contributed by atoms with Crippen LogP contribution >= 0.6 is 11.6 Å². The van der Waals surface area contributed by atoms with E-state index in [1.807, 2.05) is 6.92 Å². The van der Waals surface area contributed by atoms with E-state index in [0.717, 1.165) is 6.42 Å². The molecule has 2 aromatic carbocycles. The Morgan fingerprint density at radius 1 is 1.23 bits per heavy atom. The Labute approximate surface area is 157 Å². The number of nitrogens with zero attached hydrogens (tertiary/aromatic N) is 1. The van der Waals surface area contributed by atoms with E-state index in [1.165, 1.54) is 0 Å². The van der Waals surface area contributed by atoms with Crippen molar-refractivity contribution in [2.75, 3.05) is 31.0 Å². The molecule has 1 aliphatic heterocycles. The van der Waals surface area contributed by atoms with Gasteiger partial charge in [-0.1, -0.05) is 18.5 Å². The summed E-state index contributed by atoms with van der Waals surface area (Å²) in [6, 6.07) is 10.2. The maximum absolute atomic E-state index is 12.9. The molecule has 2 amide bonds. The summed E-state index contributed by atoms with van der Waals surface area (Å²) in [6.45, 7) is 2.47. The van der Waals surface area contributed by atoms with E-state index in [-0.39, 0.29) is 12.1 Å². The number of methoxy groups -OCH3 is 2. The predicted octanol–water partition coefficient (Wildman–Crippen LogP) is 4.57. The molecule has 138 valence electrons. The number of halogens is 1. The summed E-state index contributed by atoms with van der Waals surface area (Å²) in [6.07, 6.45) is 0.724. The van der Waals surface area contributed by atoms with E-state index in [9.17, 15) is 4.79 Å². The van der Waals surface area contributed by atoms with Gasteiger partial charge in [-0.3, -0.25) is 4.90 Å². The average Bonchev–Trinajstić information content (AvgIpc) is 2.66. The monoisotopic (exact) mass is 376 g/mol. The number of hydrogen-bond acceptors (Lipinski definition) is 4. The Bertz CT molecular complexity index is 812. The Balaban J connectivity index is 1.86. The Morgan fingerprint density at radius 2 is 2.00 bits per heavy atom. The van der Waals surface area contributed by atoms with Crippen molar-refractivity contribution in [1.29, 1.82) is 0 Å². The van der Waals surface area contributed by atoms with Crippen molar-refractivity contribution >= 4 is 29.0 Å². The molecule has 1 atom stereocenters. The zero-order valence-electron chi connectivity index (χ0n) is 14.9. The van der Waals surface area contributed by atoms with Gasteiger partial charge in [0.25, 0.3) is 0 Å². The number of carbonyl (C=O) groups is 1. The van der Waals surface area contributed by atoms with E-state index < -0.39 is 0 Å². The van der Waals surface area contributed by atoms with E-state index >= 15 is 0 Å². The summed E-state index contributed by atoms with van der Waals surface area (Å²) in [5.41, 5.74) is 1.26. The standard InChI is InChI=1S/C19H21ClN2O4/c1-4-14-11-22(15-9-12(20)5-7-16(15)26-14)19(23)21-13-6-8-17(24-2)18(10-13)25-3/h5-10,14H,4,11H2,1-3H3,(H,21,23). The molecular formula is C19H21ClN2O4. The highest BCUT2D eigenvalue weighted by Crippen LogP contribution is 2.37. The minimum absolute atomic E-state index is 0.0696. The van der Waals surface area contributed by atoms with Crippen LogP contribution in [0.25, 0.3) is 0 Å². The van der Waals surface area contributed by atoms with Crippen molar-refractivity contribution in [2.45, 2.75) is 19.4 Å². The summed E-state index contributed by atoms with van der Waals surface area (Å²) in [4.78, 5) is 14.5. The van der Waals surface area contributed by atoms with Crippen molar-refractivity contribution in [3.05, 3.63) is 41.4 Å². The molecule has 0 bridgehead atoms. The lowest BCUT2D eigenvalue weighted by atomic mass is 10.1. The number of carbonyl (C=O) groups excluding carboxylic acids is 1. The van der Waals surface area contributed by atoms with Crippen LogP contribution in [0.5, 0.6) is 17.2 Å². The highest BCUT2D eigenvalue weighted by molar-refractivity contribution is 6.31. The van der Waals surface area contributed by atoms with Gasteiger partial charge in [-0.15, -0.1) is 0 Å². The molecule has 1 heterocycles. The molecule has 0 saturated heterocycles. The second-order valence-corrected chi connectivity index (χ2v) is 6.31. The number of anilines is 2. The zero-order valence-corrected chi connectivity index (χ0v) is 15.7. The second kappa shape index (κ2) is 7.74. The van der Waals surface area contributed by atoms with E-state index in [2.05, 4.69) is 5.32 Å². The number of nitrogens with one attached hydrogen (secondary N) is 1. The summed E-state index contributed by atoms with van der Waals surface area (Å²) in [5.74, 6) is 1.79. The maximum Gasteiger partial charge on any atom is 0.326 e. The van der Waals surface area contributed by atoms with Crippen molar-refractivity contribution in [3.63, 3.8) is 0 Å². The van der Waals surface area contributed by atoms with Crippen molar-refractivity contribution in [1.82, 2.24) is 0 Å². The quantitative estimate of drug-likeness (QED) is 0.849.